The zero-order chi connectivity index (χ0) is 14.5. The quantitative estimate of drug-likeness (QED) is 0.776. The van der Waals surface area contributed by atoms with E-state index < -0.39 is 6.10 Å². The molecule has 0 spiro atoms. The Morgan fingerprint density at radius 1 is 1.26 bits per heavy atom. The summed E-state index contributed by atoms with van der Waals surface area (Å²) in [7, 11) is 1.58. The Kier molecular flexibility index (Phi) is 6.24. The molecule has 1 saturated carbocycles. The fraction of sp³-hybridized carbons (Fsp3) is 1.00. The zero-order valence-corrected chi connectivity index (χ0v) is 12.9. The lowest BCUT2D eigenvalue weighted by molar-refractivity contribution is -0.113. The molecule has 4 nitrogen and oxygen atoms in total. The molecule has 114 valence electrons. The molecule has 0 radical (unpaired) electrons. The number of ether oxygens (including phenoxy) is 2. The molecule has 0 aromatic heterocycles. The molecule has 0 heterocycles. The predicted molar refractivity (Wildman–Crippen MR) is 77.0 cm³/mol. The van der Waals surface area contributed by atoms with E-state index in [1.54, 1.807) is 7.11 Å². The maximum atomic E-state index is 9.68. The van der Waals surface area contributed by atoms with Gasteiger partial charge in [0.05, 0.1) is 18.8 Å². The van der Waals surface area contributed by atoms with Crippen molar-refractivity contribution < 1.29 is 14.6 Å². The first kappa shape index (κ1) is 16.9. The van der Waals surface area contributed by atoms with Gasteiger partial charge in [0.25, 0.3) is 0 Å². The normalized spacial score (nSPS) is 30.3. The van der Waals surface area contributed by atoms with E-state index in [1.807, 2.05) is 0 Å². The molecule has 0 amide bonds. The van der Waals surface area contributed by atoms with Crippen LogP contribution in [-0.4, -0.2) is 43.7 Å². The lowest BCUT2D eigenvalue weighted by Gasteiger charge is -2.43. The standard InChI is InChI=1S/C15H31NO3/c1-14(2,3)12-5-7-15(11-16,8-6-12)19-10-13(17)9-18-4/h12-13,17H,5-11,16H2,1-4H3. The van der Waals surface area contributed by atoms with E-state index in [1.165, 1.54) is 0 Å². The highest BCUT2D eigenvalue weighted by Gasteiger charge is 2.38. The van der Waals surface area contributed by atoms with Crippen molar-refractivity contribution in [1.29, 1.82) is 0 Å². The Balaban J connectivity index is 2.46. The molecule has 0 bridgehead atoms. The van der Waals surface area contributed by atoms with Gasteiger partial charge >= 0.3 is 0 Å². The molecule has 1 aliphatic rings. The van der Waals surface area contributed by atoms with E-state index in [2.05, 4.69) is 20.8 Å². The Morgan fingerprint density at radius 2 is 1.84 bits per heavy atom. The smallest absolute Gasteiger partial charge is 0.101 e. The van der Waals surface area contributed by atoms with Crippen LogP contribution >= 0.6 is 0 Å². The molecule has 1 unspecified atom stereocenters. The minimum atomic E-state index is -0.561. The van der Waals surface area contributed by atoms with Crippen LogP contribution in [-0.2, 0) is 9.47 Å². The molecule has 0 aromatic carbocycles. The van der Waals surface area contributed by atoms with Gasteiger partial charge in [-0.1, -0.05) is 20.8 Å². The van der Waals surface area contributed by atoms with Crippen LogP contribution in [0.1, 0.15) is 46.5 Å². The van der Waals surface area contributed by atoms with Crippen molar-refractivity contribution in [3.8, 4) is 0 Å². The molecular weight excluding hydrogens is 242 g/mol. The largest absolute Gasteiger partial charge is 0.388 e. The van der Waals surface area contributed by atoms with Crippen molar-refractivity contribution in [3.63, 3.8) is 0 Å². The second-order valence-electron chi connectivity index (χ2n) is 6.95. The minimum absolute atomic E-state index is 0.240. The molecule has 1 fully saturated rings. The van der Waals surface area contributed by atoms with Gasteiger partial charge in [-0.15, -0.1) is 0 Å². The van der Waals surface area contributed by atoms with Crippen LogP contribution in [0.5, 0.6) is 0 Å². The van der Waals surface area contributed by atoms with Crippen molar-refractivity contribution in [2.24, 2.45) is 17.1 Å². The minimum Gasteiger partial charge on any atom is -0.388 e. The van der Waals surface area contributed by atoms with Gasteiger partial charge in [-0.25, -0.2) is 0 Å². The summed E-state index contributed by atoms with van der Waals surface area (Å²) in [5, 5.41) is 9.68. The number of hydrogen-bond donors (Lipinski definition) is 2. The number of hydrogen-bond acceptors (Lipinski definition) is 4. The Hall–Kier alpha value is -0.160. The number of nitrogens with two attached hydrogens (primary N) is 1. The Labute approximate surface area is 117 Å². The monoisotopic (exact) mass is 273 g/mol. The van der Waals surface area contributed by atoms with Gasteiger partial charge < -0.3 is 20.3 Å². The average molecular weight is 273 g/mol. The molecule has 4 heteroatoms. The molecule has 1 atom stereocenters. The van der Waals surface area contributed by atoms with Crippen molar-refractivity contribution >= 4 is 0 Å². The first-order chi connectivity index (χ1) is 8.83. The Bertz CT molecular complexity index is 255. The second-order valence-corrected chi connectivity index (χ2v) is 6.95. The number of aliphatic hydroxyl groups excluding tert-OH is 1. The SMILES string of the molecule is COCC(O)COC1(CN)CCC(C(C)(C)C)CC1. The second kappa shape index (κ2) is 7.02. The lowest BCUT2D eigenvalue weighted by atomic mass is 9.68. The van der Waals surface area contributed by atoms with Crippen LogP contribution in [0, 0.1) is 11.3 Å². The molecule has 19 heavy (non-hydrogen) atoms. The van der Waals surface area contributed by atoms with Crippen molar-refractivity contribution in [2.75, 3.05) is 26.9 Å². The van der Waals surface area contributed by atoms with Gasteiger partial charge in [-0.05, 0) is 37.0 Å². The number of methoxy groups -OCH3 is 1. The van der Waals surface area contributed by atoms with Crippen LogP contribution in [0.3, 0.4) is 0 Å². The molecular formula is C15H31NO3. The first-order valence-electron chi connectivity index (χ1n) is 7.34. The van der Waals surface area contributed by atoms with Crippen LogP contribution in [0.2, 0.25) is 0 Å². The fourth-order valence-electron chi connectivity index (χ4n) is 2.93. The summed E-state index contributed by atoms with van der Waals surface area (Å²) >= 11 is 0. The van der Waals surface area contributed by atoms with Crippen LogP contribution in [0.4, 0.5) is 0 Å². The third-order valence-electron chi connectivity index (χ3n) is 4.43. The van der Waals surface area contributed by atoms with E-state index in [4.69, 9.17) is 15.2 Å². The van der Waals surface area contributed by atoms with E-state index in [-0.39, 0.29) is 5.60 Å². The molecule has 1 aliphatic carbocycles. The summed E-state index contributed by atoms with van der Waals surface area (Å²) in [4.78, 5) is 0. The van der Waals surface area contributed by atoms with Gasteiger partial charge in [0.2, 0.25) is 0 Å². The third-order valence-corrected chi connectivity index (χ3v) is 4.43. The molecule has 0 aromatic rings. The van der Waals surface area contributed by atoms with Crippen molar-refractivity contribution in [2.45, 2.75) is 58.2 Å². The van der Waals surface area contributed by atoms with E-state index >= 15 is 0 Å². The summed E-state index contributed by atoms with van der Waals surface area (Å²) in [6, 6.07) is 0. The van der Waals surface area contributed by atoms with Gasteiger partial charge in [0.1, 0.15) is 6.10 Å². The highest BCUT2D eigenvalue weighted by atomic mass is 16.5. The molecule has 3 N–H and O–H groups in total. The van der Waals surface area contributed by atoms with E-state index in [0.717, 1.165) is 31.6 Å². The van der Waals surface area contributed by atoms with Gasteiger partial charge in [0, 0.05) is 13.7 Å². The van der Waals surface area contributed by atoms with Crippen LogP contribution in [0.25, 0.3) is 0 Å². The average Bonchev–Trinajstić information content (AvgIpc) is 2.36. The highest BCUT2D eigenvalue weighted by Crippen LogP contribution is 2.42. The third kappa shape index (κ3) is 5.03. The van der Waals surface area contributed by atoms with Crippen molar-refractivity contribution in [3.05, 3.63) is 0 Å². The summed E-state index contributed by atoms with van der Waals surface area (Å²) < 4.78 is 10.9. The number of rotatable bonds is 6. The lowest BCUT2D eigenvalue weighted by Crippen LogP contribution is -2.47. The predicted octanol–water partition coefficient (Wildman–Crippen LogP) is 1.94. The van der Waals surface area contributed by atoms with Crippen molar-refractivity contribution in [1.82, 2.24) is 0 Å². The van der Waals surface area contributed by atoms with E-state index in [0.29, 0.717) is 25.2 Å². The summed E-state index contributed by atoms with van der Waals surface area (Å²) in [6.07, 6.45) is 3.73. The maximum Gasteiger partial charge on any atom is 0.101 e. The van der Waals surface area contributed by atoms with Gasteiger partial charge in [-0.2, -0.15) is 0 Å². The maximum absolute atomic E-state index is 9.68. The highest BCUT2D eigenvalue weighted by molar-refractivity contribution is 4.91. The summed E-state index contributed by atoms with van der Waals surface area (Å²) in [5.74, 6) is 0.736. The van der Waals surface area contributed by atoms with Crippen LogP contribution in [0.15, 0.2) is 0 Å². The topological polar surface area (TPSA) is 64.7 Å². The number of aliphatic hydroxyl groups is 1. The Morgan fingerprint density at radius 3 is 2.26 bits per heavy atom. The summed E-state index contributed by atoms with van der Waals surface area (Å²) in [6.45, 7) is 8.06. The zero-order valence-electron chi connectivity index (χ0n) is 12.9. The van der Waals surface area contributed by atoms with Gasteiger partial charge in [-0.3, -0.25) is 0 Å². The summed E-state index contributed by atoms with van der Waals surface area (Å²) in [5.41, 5.74) is 6.03. The molecule has 0 aliphatic heterocycles. The van der Waals surface area contributed by atoms with E-state index in [9.17, 15) is 5.11 Å². The molecule has 1 rings (SSSR count). The molecule has 0 saturated heterocycles. The first-order valence-corrected chi connectivity index (χ1v) is 7.34. The van der Waals surface area contributed by atoms with Gasteiger partial charge in [0.15, 0.2) is 0 Å². The van der Waals surface area contributed by atoms with Crippen LogP contribution < -0.4 is 5.73 Å². The fourth-order valence-corrected chi connectivity index (χ4v) is 2.93.